The number of aromatic amines is 1. The minimum absolute atomic E-state index is 0.0268. The Labute approximate surface area is 201 Å². The summed E-state index contributed by atoms with van der Waals surface area (Å²) >= 11 is 6.01. The number of carbonyl (C=O) groups excluding carboxylic acids is 1. The van der Waals surface area contributed by atoms with Crippen molar-refractivity contribution in [2.45, 2.75) is 6.61 Å². The maximum atomic E-state index is 13.0. The van der Waals surface area contributed by atoms with E-state index < -0.39 is 0 Å². The summed E-state index contributed by atoms with van der Waals surface area (Å²) in [6.07, 6.45) is 0. The fourth-order valence-corrected chi connectivity index (χ4v) is 4.23. The fraction of sp³-hybridized carbons (Fsp3) is 0.192. The second kappa shape index (κ2) is 9.57. The molecule has 4 aromatic rings. The predicted molar refractivity (Wildman–Crippen MR) is 133 cm³/mol. The monoisotopic (exact) mass is 474 g/mol. The number of amides is 1. The van der Waals surface area contributed by atoms with Gasteiger partial charge in [0.25, 0.3) is 11.5 Å². The molecule has 0 unspecified atom stereocenters. The van der Waals surface area contributed by atoms with Gasteiger partial charge in [0.05, 0.1) is 10.9 Å². The molecule has 0 radical (unpaired) electrons. The van der Waals surface area contributed by atoms with E-state index in [0.717, 1.165) is 5.56 Å². The highest BCUT2D eigenvalue weighted by molar-refractivity contribution is 6.30. The number of hydrogen-bond donors (Lipinski definition) is 1. The highest BCUT2D eigenvalue weighted by Gasteiger charge is 2.23. The van der Waals surface area contributed by atoms with Gasteiger partial charge >= 0.3 is 0 Å². The first-order valence-corrected chi connectivity index (χ1v) is 11.5. The van der Waals surface area contributed by atoms with Crippen LogP contribution in [0, 0.1) is 0 Å². The summed E-state index contributed by atoms with van der Waals surface area (Å²) in [5, 5.41) is 1.24. The molecule has 0 bridgehead atoms. The summed E-state index contributed by atoms with van der Waals surface area (Å²) in [5.74, 6) is 1.20. The highest BCUT2D eigenvalue weighted by Crippen LogP contribution is 2.19. The van der Waals surface area contributed by atoms with E-state index in [1.165, 1.54) is 0 Å². The van der Waals surface area contributed by atoms with Crippen LogP contribution in [0.1, 0.15) is 15.9 Å². The first kappa shape index (κ1) is 22.0. The van der Waals surface area contributed by atoms with Crippen LogP contribution in [0.5, 0.6) is 5.75 Å². The molecule has 3 aromatic carbocycles. The maximum Gasteiger partial charge on any atom is 0.260 e. The van der Waals surface area contributed by atoms with E-state index in [0.29, 0.717) is 66.0 Å². The molecule has 1 amide bonds. The van der Waals surface area contributed by atoms with Gasteiger partial charge in [-0.2, -0.15) is 0 Å². The van der Waals surface area contributed by atoms with Crippen molar-refractivity contribution in [2.75, 3.05) is 31.1 Å². The molecule has 34 heavy (non-hydrogen) atoms. The van der Waals surface area contributed by atoms with Gasteiger partial charge < -0.3 is 14.5 Å². The molecule has 0 atom stereocenters. The van der Waals surface area contributed by atoms with Gasteiger partial charge in [-0.25, -0.2) is 4.98 Å². The molecule has 1 saturated heterocycles. The zero-order chi connectivity index (χ0) is 23.5. The number of benzene rings is 3. The molecule has 5 rings (SSSR count). The van der Waals surface area contributed by atoms with Gasteiger partial charge in [0.1, 0.15) is 12.4 Å². The Morgan fingerprint density at radius 2 is 1.74 bits per heavy atom. The van der Waals surface area contributed by atoms with Crippen LogP contribution in [0.4, 0.5) is 5.95 Å². The van der Waals surface area contributed by atoms with Crippen LogP contribution in [0.3, 0.4) is 0 Å². The van der Waals surface area contributed by atoms with Crippen molar-refractivity contribution >= 4 is 34.4 Å². The minimum atomic E-state index is -0.156. The van der Waals surface area contributed by atoms with E-state index in [1.54, 1.807) is 30.3 Å². The summed E-state index contributed by atoms with van der Waals surface area (Å²) in [7, 11) is 0. The largest absolute Gasteiger partial charge is 0.489 e. The third-order valence-corrected chi connectivity index (χ3v) is 6.10. The van der Waals surface area contributed by atoms with Gasteiger partial charge in [0.15, 0.2) is 0 Å². The van der Waals surface area contributed by atoms with Gasteiger partial charge in [-0.1, -0.05) is 35.9 Å². The van der Waals surface area contributed by atoms with Crippen molar-refractivity contribution in [3.8, 4) is 5.75 Å². The lowest BCUT2D eigenvalue weighted by atomic mass is 10.1. The van der Waals surface area contributed by atoms with E-state index >= 15 is 0 Å². The number of ether oxygens (including phenoxy) is 1. The van der Waals surface area contributed by atoms with E-state index in [-0.39, 0.29) is 11.5 Å². The molecule has 1 aliphatic heterocycles. The van der Waals surface area contributed by atoms with Crippen molar-refractivity contribution in [1.29, 1.82) is 0 Å². The number of nitrogens with zero attached hydrogens (tertiary/aromatic N) is 3. The molecule has 1 N–H and O–H groups in total. The molecule has 0 spiro atoms. The molecule has 1 aliphatic rings. The lowest BCUT2D eigenvalue weighted by Gasteiger charge is -2.35. The molecule has 8 heteroatoms. The smallest absolute Gasteiger partial charge is 0.260 e. The van der Waals surface area contributed by atoms with Crippen molar-refractivity contribution < 1.29 is 9.53 Å². The molecular formula is C26H23ClN4O3. The maximum absolute atomic E-state index is 13.0. The number of carbonyl (C=O) groups is 1. The van der Waals surface area contributed by atoms with Crippen molar-refractivity contribution in [3.63, 3.8) is 0 Å². The number of para-hydroxylation sites is 1. The molecule has 172 valence electrons. The Morgan fingerprint density at radius 3 is 2.50 bits per heavy atom. The molecule has 1 aromatic heterocycles. The summed E-state index contributed by atoms with van der Waals surface area (Å²) in [4.78, 5) is 36.6. The Bertz CT molecular complexity index is 1380. The van der Waals surface area contributed by atoms with Gasteiger partial charge in [0, 0.05) is 36.8 Å². The first-order valence-electron chi connectivity index (χ1n) is 11.1. The van der Waals surface area contributed by atoms with Crippen LogP contribution >= 0.6 is 11.6 Å². The predicted octanol–water partition coefficient (Wildman–Crippen LogP) is 4.12. The zero-order valence-electron chi connectivity index (χ0n) is 18.4. The van der Waals surface area contributed by atoms with Crippen molar-refractivity contribution in [2.24, 2.45) is 0 Å². The standard InChI is InChI=1S/C26H23ClN4O3/c27-20-5-3-4-18(16-20)17-34-21-10-8-19(9-11-21)25(33)30-12-14-31(15-13-30)26-28-23-7-2-1-6-22(23)24(32)29-26/h1-11,16H,12-15,17H2,(H,28,29,32). The minimum Gasteiger partial charge on any atom is -0.489 e. The third kappa shape index (κ3) is 4.75. The average molecular weight is 475 g/mol. The van der Waals surface area contributed by atoms with Crippen LogP contribution in [0.25, 0.3) is 10.9 Å². The summed E-state index contributed by atoms with van der Waals surface area (Å²) in [6, 6.07) is 22.0. The van der Waals surface area contributed by atoms with E-state index in [1.807, 2.05) is 52.3 Å². The summed E-state index contributed by atoms with van der Waals surface area (Å²) in [6.45, 7) is 2.67. The van der Waals surface area contributed by atoms with Gasteiger partial charge in [-0.05, 0) is 54.1 Å². The Hall–Kier alpha value is -3.84. The van der Waals surface area contributed by atoms with E-state index in [4.69, 9.17) is 16.3 Å². The number of anilines is 1. The molecule has 7 nitrogen and oxygen atoms in total. The number of aromatic nitrogens is 2. The van der Waals surface area contributed by atoms with Crippen molar-refractivity contribution in [3.05, 3.63) is 99.3 Å². The first-order chi connectivity index (χ1) is 16.6. The fourth-order valence-electron chi connectivity index (χ4n) is 4.01. The Kier molecular flexibility index (Phi) is 6.18. The second-order valence-corrected chi connectivity index (χ2v) is 8.57. The number of H-pyrrole nitrogens is 1. The molecule has 2 heterocycles. The number of piperazine rings is 1. The van der Waals surface area contributed by atoms with Crippen LogP contribution < -0.4 is 15.2 Å². The lowest BCUT2D eigenvalue weighted by Crippen LogP contribution is -2.49. The third-order valence-electron chi connectivity index (χ3n) is 5.86. The molecule has 1 fully saturated rings. The van der Waals surface area contributed by atoms with Gasteiger partial charge in [-0.3, -0.25) is 14.6 Å². The number of rotatable bonds is 5. The SMILES string of the molecule is O=C(c1ccc(OCc2cccc(Cl)c2)cc1)N1CCN(c2nc3ccccc3c(=O)[nH]2)CC1. The van der Waals surface area contributed by atoms with Gasteiger partial charge in [-0.15, -0.1) is 0 Å². The summed E-state index contributed by atoms with van der Waals surface area (Å²) in [5.41, 5.74) is 2.10. The molecular weight excluding hydrogens is 452 g/mol. The second-order valence-electron chi connectivity index (χ2n) is 8.13. The van der Waals surface area contributed by atoms with Crippen molar-refractivity contribution in [1.82, 2.24) is 14.9 Å². The quantitative estimate of drug-likeness (QED) is 0.471. The lowest BCUT2D eigenvalue weighted by molar-refractivity contribution is 0.0746. The number of fused-ring (bicyclic) bond motifs is 1. The zero-order valence-corrected chi connectivity index (χ0v) is 19.2. The number of halogens is 1. The normalized spacial score (nSPS) is 13.8. The van der Waals surface area contributed by atoms with E-state index in [9.17, 15) is 9.59 Å². The molecule has 0 saturated carbocycles. The average Bonchev–Trinajstić information content (AvgIpc) is 2.87. The molecule has 0 aliphatic carbocycles. The Balaban J connectivity index is 1.19. The van der Waals surface area contributed by atoms with Crippen LogP contribution in [-0.4, -0.2) is 47.0 Å². The van der Waals surface area contributed by atoms with Gasteiger partial charge in [0.2, 0.25) is 5.95 Å². The summed E-state index contributed by atoms with van der Waals surface area (Å²) < 4.78 is 5.80. The number of hydrogen-bond acceptors (Lipinski definition) is 5. The number of nitrogens with one attached hydrogen (secondary N) is 1. The van der Waals surface area contributed by atoms with Crippen LogP contribution in [-0.2, 0) is 6.61 Å². The van der Waals surface area contributed by atoms with E-state index in [2.05, 4.69) is 9.97 Å². The highest BCUT2D eigenvalue weighted by atomic mass is 35.5. The Morgan fingerprint density at radius 1 is 0.971 bits per heavy atom. The van der Waals surface area contributed by atoms with Crippen LogP contribution in [0.2, 0.25) is 5.02 Å². The topological polar surface area (TPSA) is 78.5 Å². The van der Waals surface area contributed by atoms with Crippen LogP contribution in [0.15, 0.2) is 77.6 Å².